The van der Waals surface area contributed by atoms with Crippen LogP contribution in [0.25, 0.3) is 11.3 Å². The fourth-order valence-electron chi connectivity index (χ4n) is 3.21. The zero-order valence-corrected chi connectivity index (χ0v) is 16.6. The standard InChI is InChI=1S/C21H17F2N5O3/c1-11-7-12(22)3-4-14(11)15-5-6-24-18(26-15)20(29)27-16-10-31-17-8-13(23)9-25-19(17)28(2)21(16)30/h3-9,16H,10H2,1-2H3,(H,27,29). The smallest absolute Gasteiger partial charge is 0.289 e. The van der Waals surface area contributed by atoms with E-state index < -0.39 is 23.7 Å². The van der Waals surface area contributed by atoms with E-state index >= 15 is 0 Å². The number of fused-ring (bicyclic) bond motifs is 1. The number of ether oxygens (including phenoxy) is 1. The van der Waals surface area contributed by atoms with Crippen LogP contribution >= 0.6 is 0 Å². The quantitative estimate of drug-likeness (QED) is 0.692. The molecule has 0 radical (unpaired) electrons. The predicted molar refractivity (Wildman–Crippen MR) is 107 cm³/mol. The van der Waals surface area contributed by atoms with E-state index in [1.807, 2.05) is 0 Å². The van der Waals surface area contributed by atoms with Crippen LogP contribution < -0.4 is 15.0 Å². The normalized spacial score (nSPS) is 15.7. The first-order valence-corrected chi connectivity index (χ1v) is 9.30. The van der Waals surface area contributed by atoms with Crippen LogP contribution in [0, 0.1) is 18.6 Å². The van der Waals surface area contributed by atoms with Crippen LogP contribution in [0.15, 0.2) is 42.7 Å². The molecule has 10 heteroatoms. The number of aromatic nitrogens is 3. The Bertz CT molecular complexity index is 1190. The van der Waals surface area contributed by atoms with Gasteiger partial charge >= 0.3 is 0 Å². The summed E-state index contributed by atoms with van der Waals surface area (Å²) in [6, 6.07) is 5.89. The van der Waals surface area contributed by atoms with Crippen LogP contribution in [-0.4, -0.2) is 46.5 Å². The molecule has 1 aliphatic heterocycles. The minimum atomic E-state index is -1.06. The van der Waals surface area contributed by atoms with Gasteiger partial charge in [-0.15, -0.1) is 0 Å². The lowest BCUT2D eigenvalue weighted by Crippen LogP contribution is -2.49. The van der Waals surface area contributed by atoms with Crippen molar-refractivity contribution in [3.05, 3.63) is 65.7 Å². The van der Waals surface area contributed by atoms with Gasteiger partial charge in [-0.05, 0) is 36.8 Å². The van der Waals surface area contributed by atoms with Gasteiger partial charge < -0.3 is 10.1 Å². The molecule has 31 heavy (non-hydrogen) atoms. The molecule has 0 saturated heterocycles. The van der Waals surface area contributed by atoms with E-state index in [1.54, 1.807) is 19.1 Å². The van der Waals surface area contributed by atoms with Crippen LogP contribution in [0.1, 0.15) is 16.2 Å². The lowest BCUT2D eigenvalue weighted by Gasteiger charge is -2.19. The van der Waals surface area contributed by atoms with E-state index in [2.05, 4.69) is 20.3 Å². The van der Waals surface area contributed by atoms with E-state index in [-0.39, 0.29) is 29.8 Å². The van der Waals surface area contributed by atoms with Gasteiger partial charge in [0.1, 0.15) is 24.3 Å². The van der Waals surface area contributed by atoms with Gasteiger partial charge in [-0.2, -0.15) is 0 Å². The zero-order valence-electron chi connectivity index (χ0n) is 16.6. The first-order valence-electron chi connectivity index (χ1n) is 9.30. The topological polar surface area (TPSA) is 97.3 Å². The maximum absolute atomic E-state index is 13.5. The van der Waals surface area contributed by atoms with E-state index in [9.17, 15) is 18.4 Å². The molecule has 0 spiro atoms. The average Bonchev–Trinajstić information content (AvgIpc) is 2.85. The number of hydrogen-bond acceptors (Lipinski definition) is 6. The van der Waals surface area contributed by atoms with Gasteiger partial charge in [0.05, 0.1) is 11.9 Å². The van der Waals surface area contributed by atoms with Crippen molar-refractivity contribution in [3.8, 4) is 17.0 Å². The summed E-state index contributed by atoms with van der Waals surface area (Å²) >= 11 is 0. The van der Waals surface area contributed by atoms with E-state index in [4.69, 9.17) is 4.74 Å². The van der Waals surface area contributed by atoms with E-state index in [1.165, 1.54) is 30.3 Å². The molecule has 1 unspecified atom stereocenters. The van der Waals surface area contributed by atoms with Gasteiger partial charge in [0.25, 0.3) is 11.8 Å². The first-order chi connectivity index (χ1) is 14.8. The average molecular weight is 425 g/mol. The Labute approximate surface area is 175 Å². The van der Waals surface area contributed by atoms with Crippen molar-refractivity contribution in [2.75, 3.05) is 18.6 Å². The largest absolute Gasteiger partial charge is 0.487 e. The number of hydrogen-bond donors (Lipinski definition) is 1. The van der Waals surface area contributed by atoms with Gasteiger partial charge in [0, 0.05) is 24.9 Å². The van der Waals surface area contributed by atoms with Crippen molar-refractivity contribution >= 4 is 17.6 Å². The zero-order chi connectivity index (χ0) is 22.1. The number of anilines is 1. The van der Waals surface area contributed by atoms with Crippen LogP contribution in [0.5, 0.6) is 5.75 Å². The number of nitrogens with zero attached hydrogens (tertiary/aromatic N) is 4. The van der Waals surface area contributed by atoms with Crippen molar-refractivity contribution in [3.63, 3.8) is 0 Å². The first kappa shape index (κ1) is 20.3. The van der Waals surface area contributed by atoms with Gasteiger partial charge in [0.2, 0.25) is 5.82 Å². The molecule has 0 aliphatic carbocycles. The fourth-order valence-corrected chi connectivity index (χ4v) is 3.21. The maximum atomic E-state index is 13.5. The molecule has 3 aromatic rings. The summed E-state index contributed by atoms with van der Waals surface area (Å²) in [7, 11) is 1.45. The van der Waals surface area contributed by atoms with E-state index in [0.717, 1.165) is 12.3 Å². The number of amides is 2. The molecule has 1 aromatic carbocycles. The summed E-state index contributed by atoms with van der Waals surface area (Å²) in [6.45, 7) is 1.51. The number of halogens is 2. The Morgan fingerprint density at radius 2 is 2.00 bits per heavy atom. The number of pyridine rings is 1. The highest BCUT2D eigenvalue weighted by Gasteiger charge is 2.32. The van der Waals surface area contributed by atoms with Crippen molar-refractivity contribution in [2.45, 2.75) is 13.0 Å². The van der Waals surface area contributed by atoms with Crippen molar-refractivity contribution in [1.29, 1.82) is 0 Å². The highest BCUT2D eigenvalue weighted by Crippen LogP contribution is 2.28. The summed E-state index contributed by atoms with van der Waals surface area (Å²) in [5, 5.41) is 2.55. The molecular formula is C21H17F2N5O3. The number of carbonyl (C=O) groups excluding carboxylic acids is 2. The number of benzene rings is 1. The molecule has 1 N–H and O–H groups in total. The van der Waals surface area contributed by atoms with Crippen LogP contribution in [0.4, 0.5) is 14.6 Å². The molecule has 1 aliphatic rings. The molecule has 3 heterocycles. The number of likely N-dealkylation sites (N-methyl/N-ethyl adjacent to an activating group) is 1. The van der Waals surface area contributed by atoms with Gasteiger partial charge in [-0.25, -0.2) is 23.7 Å². The SMILES string of the molecule is Cc1cc(F)ccc1-c1ccnc(C(=O)NC2COc3cc(F)cnc3N(C)C2=O)n1. The van der Waals surface area contributed by atoms with Gasteiger partial charge in [-0.1, -0.05) is 0 Å². The summed E-state index contributed by atoms with van der Waals surface area (Å²) < 4.78 is 32.3. The third-order valence-electron chi connectivity index (χ3n) is 4.78. The molecule has 0 saturated carbocycles. The van der Waals surface area contributed by atoms with Crippen LogP contribution in [0.2, 0.25) is 0 Å². The summed E-state index contributed by atoms with van der Waals surface area (Å²) in [4.78, 5) is 38.8. The highest BCUT2D eigenvalue weighted by atomic mass is 19.1. The van der Waals surface area contributed by atoms with Crippen molar-refractivity contribution < 1.29 is 23.1 Å². The van der Waals surface area contributed by atoms with Crippen LogP contribution in [0.3, 0.4) is 0 Å². The third-order valence-corrected chi connectivity index (χ3v) is 4.78. The maximum Gasteiger partial charge on any atom is 0.289 e. The molecule has 1 atom stereocenters. The minimum absolute atomic E-state index is 0.0950. The minimum Gasteiger partial charge on any atom is -0.487 e. The van der Waals surface area contributed by atoms with Crippen molar-refractivity contribution in [1.82, 2.24) is 20.3 Å². The van der Waals surface area contributed by atoms with Crippen LogP contribution in [-0.2, 0) is 4.79 Å². The molecular weight excluding hydrogens is 408 g/mol. The summed E-state index contributed by atoms with van der Waals surface area (Å²) in [5.74, 6) is -2.09. The van der Waals surface area contributed by atoms with Gasteiger partial charge in [-0.3, -0.25) is 14.5 Å². The molecule has 8 nitrogen and oxygen atoms in total. The molecule has 0 fully saturated rings. The second kappa shape index (κ2) is 8.05. The Kier molecular flexibility index (Phi) is 5.28. The number of nitrogens with one attached hydrogen (secondary N) is 1. The summed E-state index contributed by atoms with van der Waals surface area (Å²) in [6.07, 6.45) is 2.38. The summed E-state index contributed by atoms with van der Waals surface area (Å²) in [5.41, 5.74) is 1.73. The fraction of sp³-hybridized carbons (Fsp3) is 0.190. The Balaban J connectivity index is 1.55. The van der Waals surface area contributed by atoms with Gasteiger partial charge in [0.15, 0.2) is 11.6 Å². The molecule has 2 aromatic heterocycles. The second-order valence-electron chi connectivity index (χ2n) is 6.93. The second-order valence-corrected chi connectivity index (χ2v) is 6.93. The van der Waals surface area contributed by atoms with Crippen molar-refractivity contribution in [2.24, 2.45) is 0 Å². The Morgan fingerprint density at radius 1 is 1.19 bits per heavy atom. The molecule has 158 valence electrons. The molecule has 2 amide bonds. The molecule has 4 rings (SSSR count). The Hall–Kier alpha value is -3.95. The van der Waals surface area contributed by atoms with E-state index in [0.29, 0.717) is 16.8 Å². The third kappa shape index (κ3) is 4.04. The lowest BCUT2D eigenvalue weighted by molar-refractivity contribution is -0.120. The highest BCUT2D eigenvalue weighted by molar-refractivity contribution is 6.01. The lowest BCUT2D eigenvalue weighted by atomic mass is 10.1. The molecule has 0 bridgehead atoms. The number of aryl methyl sites for hydroxylation is 1. The Morgan fingerprint density at radius 3 is 2.77 bits per heavy atom. The number of carbonyl (C=O) groups is 2. The predicted octanol–water partition coefficient (Wildman–Crippen LogP) is 2.28. The monoisotopic (exact) mass is 425 g/mol. The number of rotatable bonds is 3.